The van der Waals surface area contributed by atoms with Crippen molar-refractivity contribution >= 4 is 5.69 Å². The fraction of sp³-hybridized carbons (Fsp3) is 0.200. The van der Waals surface area contributed by atoms with Crippen molar-refractivity contribution in [3.63, 3.8) is 0 Å². The van der Waals surface area contributed by atoms with Crippen molar-refractivity contribution in [3.05, 3.63) is 74.3 Å². The quantitative estimate of drug-likeness (QED) is 0.487. The molecule has 0 aliphatic heterocycles. The first-order valence-electron chi connectivity index (χ1n) is 7.47. The number of nitro groups is 1. The van der Waals surface area contributed by atoms with Gasteiger partial charge in [-0.05, 0) is 48.2 Å². The molecule has 2 aromatic carbocycles. The van der Waals surface area contributed by atoms with Crippen LogP contribution in [-0.4, -0.2) is 4.92 Å². The van der Waals surface area contributed by atoms with Crippen molar-refractivity contribution < 1.29 is 4.92 Å². The van der Waals surface area contributed by atoms with Gasteiger partial charge in [0.15, 0.2) is 0 Å². The van der Waals surface area contributed by atoms with Gasteiger partial charge in [-0.1, -0.05) is 31.6 Å². The van der Waals surface area contributed by atoms with Crippen molar-refractivity contribution in [2.75, 3.05) is 0 Å². The fourth-order valence-corrected chi connectivity index (χ4v) is 2.39. The van der Waals surface area contributed by atoms with Crippen LogP contribution in [0.5, 0.6) is 0 Å². The average Bonchev–Trinajstić information content (AvgIpc) is 2.59. The lowest BCUT2D eigenvalue weighted by Gasteiger charge is -2.08. The van der Waals surface area contributed by atoms with Crippen LogP contribution < -0.4 is 0 Å². The number of rotatable bonds is 3. The van der Waals surface area contributed by atoms with E-state index in [1.54, 1.807) is 12.1 Å². The molecule has 0 amide bonds. The van der Waals surface area contributed by atoms with E-state index in [0.717, 1.165) is 40.7 Å². The lowest BCUT2D eigenvalue weighted by atomic mass is 9.95. The molecule has 114 valence electrons. The maximum absolute atomic E-state index is 10.6. The summed E-state index contributed by atoms with van der Waals surface area (Å²) in [6, 6.07) is 10.3. The van der Waals surface area contributed by atoms with Crippen LogP contribution >= 0.6 is 0 Å². The zero-order valence-electron chi connectivity index (χ0n) is 13.2. The third-order valence-corrected chi connectivity index (χ3v) is 3.64. The Morgan fingerprint density at radius 1 is 1.00 bits per heavy atom. The molecule has 0 saturated carbocycles. The normalized spacial score (nSPS) is 9.61. The molecule has 0 fully saturated rings. The second kappa shape index (κ2) is 7.29. The number of non-ortho nitro benzene ring substituents is 1. The fourth-order valence-electron chi connectivity index (χ4n) is 2.39. The van der Waals surface area contributed by atoms with Crippen LogP contribution in [0, 0.1) is 34.3 Å². The van der Waals surface area contributed by atoms with Gasteiger partial charge in [-0.2, -0.15) is 0 Å². The smallest absolute Gasteiger partial charge is 0.258 e. The molecule has 0 aliphatic rings. The lowest BCUT2D eigenvalue weighted by Crippen LogP contribution is -1.96. The minimum absolute atomic E-state index is 0.0652. The minimum atomic E-state index is -0.420. The zero-order valence-corrected chi connectivity index (χ0v) is 13.2. The highest BCUT2D eigenvalue weighted by molar-refractivity contribution is 5.54. The van der Waals surface area contributed by atoms with Gasteiger partial charge in [0.05, 0.1) is 4.92 Å². The summed E-state index contributed by atoms with van der Waals surface area (Å²) in [6.07, 6.45) is 7.34. The number of aryl methyl sites for hydroxylation is 2. The Balaban J connectivity index is 2.37. The van der Waals surface area contributed by atoms with Crippen molar-refractivity contribution in [2.45, 2.75) is 26.7 Å². The predicted molar refractivity (Wildman–Crippen MR) is 92.2 cm³/mol. The summed E-state index contributed by atoms with van der Waals surface area (Å²) in [5.41, 5.74) is 4.94. The van der Waals surface area contributed by atoms with Crippen LogP contribution in [0.4, 0.5) is 5.69 Å². The Bertz CT molecular complexity index is 806. The van der Waals surface area contributed by atoms with Gasteiger partial charge in [0.2, 0.25) is 0 Å². The second-order valence-electron chi connectivity index (χ2n) is 5.07. The van der Waals surface area contributed by atoms with Crippen molar-refractivity contribution in [2.24, 2.45) is 0 Å². The summed E-state index contributed by atoms with van der Waals surface area (Å²) in [7, 11) is 0. The molecule has 3 nitrogen and oxygen atoms in total. The molecule has 0 radical (unpaired) electrons. The first kappa shape index (κ1) is 16.3. The molecule has 3 heteroatoms. The molecule has 0 spiro atoms. The van der Waals surface area contributed by atoms with Crippen LogP contribution in [0.25, 0.3) is 0 Å². The maximum Gasteiger partial charge on any atom is 0.269 e. The van der Waals surface area contributed by atoms with Crippen LogP contribution in [0.1, 0.15) is 41.7 Å². The molecule has 2 rings (SSSR count). The standard InChI is InChI=1S/C20H17NO2/c1-4-17-13-16(14-18(5-2)20(17)6-3)8-7-15-9-11-19(12-10-15)21(22)23/h3,9-14H,4-5H2,1-2H3. The van der Waals surface area contributed by atoms with Gasteiger partial charge in [-0.15, -0.1) is 6.42 Å². The molecule has 0 heterocycles. The number of nitrogens with zero attached hydrogens (tertiary/aromatic N) is 1. The molecule has 0 aromatic heterocycles. The van der Waals surface area contributed by atoms with Gasteiger partial charge in [-0.25, -0.2) is 0 Å². The van der Waals surface area contributed by atoms with E-state index in [4.69, 9.17) is 6.42 Å². The van der Waals surface area contributed by atoms with E-state index < -0.39 is 4.92 Å². The summed E-state index contributed by atoms with van der Waals surface area (Å²) in [6.45, 7) is 4.15. The Kier molecular flexibility index (Phi) is 5.18. The Labute approximate surface area is 136 Å². The average molecular weight is 303 g/mol. The van der Waals surface area contributed by atoms with Gasteiger partial charge >= 0.3 is 0 Å². The van der Waals surface area contributed by atoms with Crippen molar-refractivity contribution in [3.8, 4) is 24.2 Å². The SMILES string of the molecule is C#Cc1c(CC)cc(C#Cc2ccc([N+](=O)[O-])cc2)cc1CC. The Morgan fingerprint density at radius 2 is 1.52 bits per heavy atom. The van der Waals surface area contributed by atoms with Gasteiger partial charge in [0, 0.05) is 28.8 Å². The number of hydrogen-bond acceptors (Lipinski definition) is 2. The van der Waals surface area contributed by atoms with Crippen molar-refractivity contribution in [1.82, 2.24) is 0 Å². The zero-order chi connectivity index (χ0) is 16.8. The monoisotopic (exact) mass is 303 g/mol. The molecule has 0 N–H and O–H groups in total. The first-order valence-corrected chi connectivity index (χ1v) is 7.47. The molecule has 0 unspecified atom stereocenters. The first-order chi connectivity index (χ1) is 11.1. The third kappa shape index (κ3) is 3.78. The van der Waals surface area contributed by atoms with Crippen LogP contribution in [0.15, 0.2) is 36.4 Å². The highest BCUT2D eigenvalue weighted by Gasteiger charge is 2.06. The van der Waals surface area contributed by atoms with Gasteiger partial charge in [-0.3, -0.25) is 10.1 Å². The maximum atomic E-state index is 10.6. The summed E-state index contributed by atoms with van der Waals surface area (Å²) >= 11 is 0. The van der Waals surface area contributed by atoms with E-state index in [-0.39, 0.29) is 5.69 Å². The van der Waals surface area contributed by atoms with E-state index in [2.05, 4.69) is 31.6 Å². The highest BCUT2D eigenvalue weighted by atomic mass is 16.6. The van der Waals surface area contributed by atoms with Crippen molar-refractivity contribution in [1.29, 1.82) is 0 Å². The van der Waals surface area contributed by atoms with Crippen LogP contribution in [0.3, 0.4) is 0 Å². The lowest BCUT2D eigenvalue weighted by molar-refractivity contribution is -0.384. The van der Waals surface area contributed by atoms with Crippen LogP contribution in [-0.2, 0) is 12.8 Å². The summed E-state index contributed by atoms with van der Waals surface area (Å²) in [4.78, 5) is 10.2. The molecule has 2 aromatic rings. The highest BCUT2D eigenvalue weighted by Crippen LogP contribution is 2.18. The molecular formula is C20H17NO2. The molecule has 0 saturated heterocycles. The third-order valence-electron chi connectivity index (χ3n) is 3.64. The second-order valence-corrected chi connectivity index (χ2v) is 5.07. The number of terminal acetylenes is 1. The van der Waals surface area contributed by atoms with Gasteiger partial charge < -0.3 is 0 Å². The van der Waals surface area contributed by atoms with E-state index in [0.29, 0.717) is 0 Å². The largest absolute Gasteiger partial charge is 0.269 e. The van der Waals surface area contributed by atoms with E-state index in [1.807, 2.05) is 12.1 Å². The topological polar surface area (TPSA) is 43.1 Å². The van der Waals surface area contributed by atoms with E-state index >= 15 is 0 Å². The van der Waals surface area contributed by atoms with E-state index in [9.17, 15) is 10.1 Å². The predicted octanol–water partition coefficient (Wildman–Crippen LogP) is 4.10. The summed E-state index contributed by atoms with van der Waals surface area (Å²) in [5, 5.41) is 10.6. The molecular weight excluding hydrogens is 286 g/mol. The number of nitro benzene ring substituents is 1. The van der Waals surface area contributed by atoms with Gasteiger partial charge in [0.1, 0.15) is 0 Å². The molecule has 23 heavy (non-hydrogen) atoms. The van der Waals surface area contributed by atoms with Gasteiger partial charge in [0.25, 0.3) is 5.69 Å². The molecule has 0 bridgehead atoms. The Hall–Kier alpha value is -3.04. The minimum Gasteiger partial charge on any atom is -0.258 e. The summed E-state index contributed by atoms with van der Waals surface area (Å²) in [5.74, 6) is 8.94. The Morgan fingerprint density at radius 3 is 1.96 bits per heavy atom. The number of hydrogen-bond donors (Lipinski definition) is 0. The van der Waals surface area contributed by atoms with E-state index in [1.165, 1.54) is 12.1 Å². The molecule has 0 aliphatic carbocycles. The number of benzene rings is 2. The molecule has 0 atom stereocenters. The van der Waals surface area contributed by atoms with Crippen LogP contribution in [0.2, 0.25) is 0 Å². The summed E-state index contributed by atoms with van der Waals surface area (Å²) < 4.78 is 0.